The standard InChI is InChI=1S/C14H12N2.Ag/c1-9-3-5-11-7-8-12-6-4-10(2)16-14(12)13(11)15-9;/h3-8H,1-2H3;/q;+1/p+2. The van der Waals surface area contributed by atoms with E-state index in [9.17, 15) is 0 Å². The molecule has 0 atom stereocenters. The van der Waals surface area contributed by atoms with Crippen LogP contribution in [0.5, 0.6) is 0 Å². The van der Waals surface area contributed by atoms with Crippen LogP contribution in [-0.4, -0.2) is 0 Å². The monoisotopic (exact) mass is 317 g/mol. The molecule has 0 aliphatic heterocycles. The molecule has 0 aliphatic carbocycles. The minimum absolute atomic E-state index is 0. The first-order valence-corrected chi connectivity index (χ1v) is 5.48. The summed E-state index contributed by atoms with van der Waals surface area (Å²) in [4.78, 5) is 6.86. The van der Waals surface area contributed by atoms with Crippen molar-refractivity contribution in [2.45, 2.75) is 13.8 Å². The molecule has 3 heteroatoms. The topological polar surface area (TPSA) is 28.3 Å². The number of hydrogen-bond donors (Lipinski definition) is 0. The smallest absolute Gasteiger partial charge is 0.203 e. The Bertz CT molecular complexity index is 631. The first kappa shape index (κ1) is 12.2. The molecule has 1 aromatic carbocycles. The van der Waals surface area contributed by atoms with E-state index >= 15 is 0 Å². The van der Waals surface area contributed by atoms with Crippen molar-refractivity contribution in [3.63, 3.8) is 0 Å². The third-order valence-electron chi connectivity index (χ3n) is 2.94. The minimum atomic E-state index is 0. The van der Waals surface area contributed by atoms with Gasteiger partial charge < -0.3 is 0 Å². The molecule has 0 amide bonds. The van der Waals surface area contributed by atoms with Crippen LogP contribution >= 0.6 is 0 Å². The van der Waals surface area contributed by atoms with Gasteiger partial charge in [0.05, 0.1) is 10.8 Å². The molecule has 3 rings (SSSR count). The molecular weight excluding hydrogens is 304 g/mol. The Morgan fingerprint density at radius 3 is 1.41 bits per heavy atom. The molecule has 0 bridgehead atoms. The first-order chi connectivity index (χ1) is 7.74. The van der Waals surface area contributed by atoms with Crippen LogP contribution in [0.2, 0.25) is 0 Å². The average Bonchev–Trinajstić information content (AvgIpc) is 2.29. The maximum absolute atomic E-state index is 3.43. The summed E-state index contributed by atoms with van der Waals surface area (Å²) in [6.07, 6.45) is 0. The molecule has 17 heavy (non-hydrogen) atoms. The van der Waals surface area contributed by atoms with Crippen LogP contribution in [0.1, 0.15) is 11.4 Å². The number of rotatable bonds is 0. The maximum Gasteiger partial charge on any atom is 1.00 e. The summed E-state index contributed by atoms with van der Waals surface area (Å²) >= 11 is 0. The predicted octanol–water partition coefficient (Wildman–Crippen LogP) is 2.24. The molecule has 0 fully saturated rings. The first-order valence-electron chi connectivity index (χ1n) is 5.48. The average molecular weight is 318 g/mol. The van der Waals surface area contributed by atoms with Crippen molar-refractivity contribution < 1.29 is 32.3 Å². The van der Waals surface area contributed by atoms with Gasteiger partial charge in [0.1, 0.15) is 0 Å². The van der Waals surface area contributed by atoms with Crippen molar-refractivity contribution in [1.82, 2.24) is 0 Å². The number of pyridine rings is 2. The molecule has 0 unspecified atom stereocenters. The maximum atomic E-state index is 3.43. The molecule has 2 N–H and O–H groups in total. The number of aromatic amines is 2. The molecule has 0 saturated heterocycles. The van der Waals surface area contributed by atoms with E-state index in [2.05, 4.69) is 60.2 Å². The Morgan fingerprint density at radius 2 is 1.00 bits per heavy atom. The van der Waals surface area contributed by atoms with Crippen molar-refractivity contribution in [1.29, 1.82) is 0 Å². The fourth-order valence-corrected chi connectivity index (χ4v) is 2.09. The third kappa shape index (κ3) is 2.12. The second-order valence-corrected chi connectivity index (χ2v) is 4.28. The van der Waals surface area contributed by atoms with Gasteiger partial charge in [-0.3, -0.25) is 0 Å². The van der Waals surface area contributed by atoms with Gasteiger partial charge in [0.15, 0.2) is 11.4 Å². The number of H-pyrrole nitrogens is 2. The molecule has 0 saturated carbocycles. The normalized spacial score (nSPS) is 10.5. The van der Waals surface area contributed by atoms with Gasteiger partial charge in [-0.1, -0.05) is 0 Å². The van der Waals surface area contributed by atoms with Gasteiger partial charge in [0, 0.05) is 26.0 Å². The fraction of sp³-hybridized carbons (Fsp3) is 0.143. The van der Waals surface area contributed by atoms with E-state index in [4.69, 9.17) is 0 Å². The predicted molar refractivity (Wildman–Crippen MR) is 64.0 cm³/mol. The van der Waals surface area contributed by atoms with Crippen molar-refractivity contribution >= 4 is 21.8 Å². The van der Waals surface area contributed by atoms with Crippen LogP contribution in [0.4, 0.5) is 0 Å². The Labute approximate surface area is 116 Å². The Kier molecular flexibility index (Phi) is 3.29. The van der Waals surface area contributed by atoms with Crippen LogP contribution in [0.25, 0.3) is 21.8 Å². The number of hydrogen-bond acceptors (Lipinski definition) is 0. The molecule has 2 aromatic heterocycles. The summed E-state index contributed by atoms with van der Waals surface area (Å²) < 4.78 is 0. The van der Waals surface area contributed by atoms with E-state index in [0.717, 1.165) is 0 Å². The van der Waals surface area contributed by atoms with Crippen molar-refractivity contribution in [2.24, 2.45) is 0 Å². The molecule has 0 spiro atoms. The van der Waals surface area contributed by atoms with Crippen molar-refractivity contribution in [3.05, 3.63) is 47.8 Å². The number of benzene rings is 1. The molecule has 0 radical (unpaired) electrons. The summed E-state index contributed by atoms with van der Waals surface area (Å²) in [5.74, 6) is 0. The quantitative estimate of drug-likeness (QED) is 0.449. The van der Waals surface area contributed by atoms with Crippen LogP contribution in [0, 0.1) is 13.8 Å². The van der Waals surface area contributed by atoms with Crippen molar-refractivity contribution in [2.75, 3.05) is 0 Å². The largest absolute Gasteiger partial charge is 1.00 e. The number of nitrogens with one attached hydrogen (secondary N) is 2. The molecule has 2 nitrogen and oxygen atoms in total. The Balaban J connectivity index is 0.00000108. The molecule has 2 heterocycles. The summed E-state index contributed by atoms with van der Waals surface area (Å²) in [6, 6.07) is 12.8. The summed E-state index contributed by atoms with van der Waals surface area (Å²) in [6.45, 7) is 4.15. The van der Waals surface area contributed by atoms with Crippen LogP contribution in [-0.2, 0) is 22.4 Å². The van der Waals surface area contributed by atoms with Gasteiger partial charge in [-0.2, -0.15) is 0 Å². The second kappa shape index (κ2) is 4.57. The zero-order valence-electron chi connectivity index (χ0n) is 9.77. The van der Waals surface area contributed by atoms with Crippen LogP contribution < -0.4 is 9.97 Å². The molecular formula is C14H14AgN2+3. The number of fused-ring (bicyclic) bond motifs is 3. The third-order valence-corrected chi connectivity index (χ3v) is 2.94. The second-order valence-electron chi connectivity index (χ2n) is 4.28. The van der Waals surface area contributed by atoms with E-state index in [0.29, 0.717) is 0 Å². The zero-order valence-corrected chi connectivity index (χ0v) is 11.2. The van der Waals surface area contributed by atoms with E-state index < -0.39 is 0 Å². The molecule has 3 aromatic rings. The molecule has 0 aliphatic rings. The Morgan fingerprint density at radius 1 is 0.647 bits per heavy atom. The zero-order chi connectivity index (χ0) is 11.1. The van der Waals surface area contributed by atoms with E-state index in [1.807, 2.05) is 0 Å². The number of aryl methyl sites for hydroxylation is 2. The van der Waals surface area contributed by atoms with Gasteiger partial charge in [0.2, 0.25) is 0 Å². The van der Waals surface area contributed by atoms with E-state index in [1.165, 1.54) is 33.2 Å². The van der Waals surface area contributed by atoms with Crippen LogP contribution in [0.15, 0.2) is 36.4 Å². The van der Waals surface area contributed by atoms with E-state index in [-0.39, 0.29) is 22.4 Å². The van der Waals surface area contributed by atoms with Gasteiger partial charge in [-0.05, 0) is 24.3 Å². The Hall–Kier alpha value is -1.22. The van der Waals surface area contributed by atoms with Crippen molar-refractivity contribution in [3.8, 4) is 0 Å². The summed E-state index contributed by atoms with van der Waals surface area (Å²) in [5.41, 5.74) is 4.72. The van der Waals surface area contributed by atoms with Gasteiger partial charge in [-0.15, -0.1) is 0 Å². The SMILES string of the molecule is Cc1ccc2ccc3ccc(C)[nH+]c3c2[nH+]1.[Ag+]. The van der Waals surface area contributed by atoms with Crippen LogP contribution in [0.3, 0.4) is 0 Å². The molecule has 88 valence electrons. The van der Waals surface area contributed by atoms with Gasteiger partial charge in [0.25, 0.3) is 11.0 Å². The van der Waals surface area contributed by atoms with Gasteiger partial charge >= 0.3 is 22.4 Å². The van der Waals surface area contributed by atoms with Gasteiger partial charge in [-0.25, -0.2) is 9.97 Å². The summed E-state index contributed by atoms with van der Waals surface area (Å²) in [5, 5.41) is 2.47. The minimum Gasteiger partial charge on any atom is -0.203 e. The number of aromatic nitrogens is 2. The fourth-order valence-electron chi connectivity index (χ4n) is 2.09. The summed E-state index contributed by atoms with van der Waals surface area (Å²) in [7, 11) is 0. The van der Waals surface area contributed by atoms with E-state index in [1.54, 1.807) is 0 Å².